The summed E-state index contributed by atoms with van der Waals surface area (Å²) in [4.78, 5) is 33.5. The fourth-order valence-corrected chi connectivity index (χ4v) is 1.88. The maximum atomic E-state index is 11.7. The van der Waals surface area contributed by atoms with E-state index in [2.05, 4.69) is 10.4 Å². The van der Waals surface area contributed by atoms with Gasteiger partial charge >= 0.3 is 11.8 Å². The van der Waals surface area contributed by atoms with Crippen LogP contribution in [0.25, 0.3) is 0 Å². The molecule has 9 heteroatoms. The number of aryl methyl sites for hydroxylation is 1. The Morgan fingerprint density at radius 1 is 1.20 bits per heavy atom. The van der Waals surface area contributed by atoms with E-state index in [0.29, 0.717) is 5.69 Å². The molecule has 9 nitrogen and oxygen atoms in total. The van der Waals surface area contributed by atoms with Crippen LogP contribution in [0.1, 0.15) is 11.1 Å². The number of amides is 2. The number of rotatable bonds is 4. The number of nitrogens with one attached hydrogen (secondary N) is 2. The number of hydrazone groups is 1. The molecule has 0 saturated carbocycles. The minimum absolute atomic E-state index is 0.0218. The van der Waals surface area contributed by atoms with Gasteiger partial charge in [-0.15, -0.1) is 0 Å². The van der Waals surface area contributed by atoms with Crippen LogP contribution in [-0.2, 0) is 9.59 Å². The summed E-state index contributed by atoms with van der Waals surface area (Å²) in [5.41, 5.74) is 3.13. The van der Waals surface area contributed by atoms with Crippen molar-refractivity contribution in [1.29, 1.82) is 0 Å². The molecule has 0 fully saturated rings. The second-order valence-electron chi connectivity index (χ2n) is 5.02. The number of phenols is 1. The molecular weight excluding hydrogens is 328 g/mol. The molecule has 2 rings (SSSR count). The molecule has 25 heavy (non-hydrogen) atoms. The summed E-state index contributed by atoms with van der Waals surface area (Å²) in [7, 11) is 0. The molecule has 0 radical (unpaired) electrons. The Bertz CT molecular complexity index is 863. The quantitative estimate of drug-likeness (QED) is 0.336. The standard InChI is InChI=1S/C16H14N4O5/c1-10-3-2-4-12(7-10)18-15(22)16(23)19-17-9-11-8-13(20(24)25)5-6-14(11)21/h2-9,21H,1H3,(H,18,22)(H,19,23)/b17-9+. The highest BCUT2D eigenvalue weighted by atomic mass is 16.6. The molecule has 0 bridgehead atoms. The fourth-order valence-electron chi connectivity index (χ4n) is 1.88. The number of carbonyl (C=O) groups excluding carboxylic acids is 2. The van der Waals surface area contributed by atoms with Crippen LogP contribution >= 0.6 is 0 Å². The number of anilines is 1. The molecule has 0 heterocycles. The molecular formula is C16H14N4O5. The monoisotopic (exact) mass is 342 g/mol. The Kier molecular flexibility index (Phi) is 5.41. The van der Waals surface area contributed by atoms with E-state index in [-0.39, 0.29) is 17.0 Å². The summed E-state index contributed by atoms with van der Waals surface area (Å²) in [6.07, 6.45) is 1.00. The third kappa shape index (κ3) is 4.86. The average Bonchev–Trinajstić information content (AvgIpc) is 2.56. The van der Waals surface area contributed by atoms with Crippen LogP contribution in [0.15, 0.2) is 47.6 Å². The van der Waals surface area contributed by atoms with Crippen LogP contribution in [0.3, 0.4) is 0 Å². The molecule has 3 N–H and O–H groups in total. The zero-order valence-electron chi connectivity index (χ0n) is 13.1. The van der Waals surface area contributed by atoms with Gasteiger partial charge in [0, 0.05) is 23.4 Å². The summed E-state index contributed by atoms with van der Waals surface area (Å²) in [5.74, 6) is -2.21. The number of nitrogens with zero attached hydrogens (tertiary/aromatic N) is 2. The Morgan fingerprint density at radius 2 is 1.96 bits per heavy atom. The third-order valence-electron chi connectivity index (χ3n) is 3.07. The largest absolute Gasteiger partial charge is 0.507 e. The van der Waals surface area contributed by atoms with Gasteiger partial charge in [0.05, 0.1) is 11.1 Å². The number of nitro groups is 1. The predicted molar refractivity (Wildman–Crippen MR) is 90.3 cm³/mol. The summed E-state index contributed by atoms with van der Waals surface area (Å²) in [5, 5.41) is 26.2. The first-order valence-electron chi connectivity index (χ1n) is 7.05. The van der Waals surface area contributed by atoms with E-state index in [1.54, 1.807) is 18.2 Å². The van der Waals surface area contributed by atoms with Crippen LogP contribution in [0.4, 0.5) is 11.4 Å². The number of hydrogen-bond acceptors (Lipinski definition) is 6. The van der Waals surface area contributed by atoms with Gasteiger partial charge in [-0.3, -0.25) is 19.7 Å². The molecule has 0 aliphatic heterocycles. The van der Waals surface area contributed by atoms with Gasteiger partial charge in [-0.05, 0) is 30.7 Å². The second-order valence-corrected chi connectivity index (χ2v) is 5.02. The van der Waals surface area contributed by atoms with Crippen molar-refractivity contribution in [1.82, 2.24) is 5.43 Å². The molecule has 0 aliphatic rings. The lowest BCUT2D eigenvalue weighted by Gasteiger charge is -2.04. The number of non-ortho nitro benzene ring substituents is 1. The van der Waals surface area contributed by atoms with Crippen LogP contribution in [0, 0.1) is 17.0 Å². The topological polar surface area (TPSA) is 134 Å². The van der Waals surface area contributed by atoms with Crippen molar-refractivity contribution >= 4 is 29.4 Å². The number of benzene rings is 2. The lowest BCUT2D eigenvalue weighted by Crippen LogP contribution is -2.32. The van der Waals surface area contributed by atoms with Gasteiger partial charge in [0.1, 0.15) is 5.75 Å². The van der Waals surface area contributed by atoms with Gasteiger partial charge < -0.3 is 10.4 Å². The van der Waals surface area contributed by atoms with Gasteiger partial charge in [-0.25, -0.2) is 5.43 Å². The van der Waals surface area contributed by atoms with Crippen molar-refractivity contribution in [2.75, 3.05) is 5.32 Å². The molecule has 128 valence electrons. The van der Waals surface area contributed by atoms with Gasteiger partial charge in [-0.2, -0.15) is 5.10 Å². The summed E-state index contributed by atoms with van der Waals surface area (Å²) in [6.45, 7) is 1.84. The summed E-state index contributed by atoms with van der Waals surface area (Å²) < 4.78 is 0. The number of nitro benzene ring substituents is 1. The lowest BCUT2D eigenvalue weighted by molar-refractivity contribution is -0.384. The first-order chi connectivity index (χ1) is 11.9. The minimum Gasteiger partial charge on any atom is -0.507 e. The zero-order valence-corrected chi connectivity index (χ0v) is 13.1. The molecule has 0 unspecified atom stereocenters. The molecule has 0 aromatic heterocycles. The van der Waals surface area contributed by atoms with E-state index >= 15 is 0 Å². The predicted octanol–water partition coefficient (Wildman–Crippen LogP) is 1.70. The minimum atomic E-state index is -1.03. The van der Waals surface area contributed by atoms with E-state index in [0.717, 1.165) is 30.0 Å². The van der Waals surface area contributed by atoms with E-state index in [4.69, 9.17) is 0 Å². The van der Waals surface area contributed by atoms with Crippen LogP contribution in [0.5, 0.6) is 5.75 Å². The van der Waals surface area contributed by atoms with Gasteiger partial charge in [-0.1, -0.05) is 12.1 Å². The Balaban J connectivity index is 1.99. The van der Waals surface area contributed by atoms with Crippen LogP contribution in [0.2, 0.25) is 0 Å². The SMILES string of the molecule is Cc1cccc(NC(=O)C(=O)N/N=C/c2cc([N+](=O)[O-])ccc2O)c1. The highest BCUT2D eigenvalue weighted by Crippen LogP contribution is 2.21. The van der Waals surface area contributed by atoms with Crippen molar-refractivity contribution in [3.8, 4) is 5.75 Å². The number of aromatic hydroxyl groups is 1. The van der Waals surface area contributed by atoms with Crippen molar-refractivity contribution in [3.63, 3.8) is 0 Å². The Morgan fingerprint density at radius 3 is 2.64 bits per heavy atom. The van der Waals surface area contributed by atoms with Crippen molar-refractivity contribution < 1.29 is 19.6 Å². The number of carbonyl (C=O) groups is 2. The van der Waals surface area contributed by atoms with Crippen molar-refractivity contribution in [2.24, 2.45) is 5.10 Å². The normalized spacial score (nSPS) is 10.4. The smallest absolute Gasteiger partial charge is 0.329 e. The van der Waals surface area contributed by atoms with E-state index < -0.39 is 16.7 Å². The summed E-state index contributed by atoms with van der Waals surface area (Å²) >= 11 is 0. The molecule has 2 aromatic rings. The average molecular weight is 342 g/mol. The summed E-state index contributed by atoms with van der Waals surface area (Å²) in [6, 6.07) is 10.2. The van der Waals surface area contributed by atoms with Gasteiger partial charge in [0.2, 0.25) is 0 Å². The van der Waals surface area contributed by atoms with E-state index in [9.17, 15) is 24.8 Å². The molecule has 0 aliphatic carbocycles. The fraction of sp³-hybridized carbons (Fsp3) is 0.0625. The molecule has 0 spiro atoms. The van der Waals surface area contributed by atoms with Gasteiger partial charge in [0.25, 0.3) is 5.69 Å². The Hall–Kier alpha value is -3.75. The zero-order chi connectivity index (χ0) is 18.4. The third-order valence-corrected chi connectivity index (χ3v) is 3.07. The molecule has 0 saturated heterocycles. The van der Waals surface area contributed by atoms with Crippen molar-refractivity contribution in [2.45, 2.75) is 6.92 Å². The molecule has 2 aromatic carbocycles. The molecule has 2 amide bonds. The van der Waals surface area contributed by atoms with Gasteiger partial charge in [0.15, 0.2) is 0 Å². The highest BCUT2D eigenvalue weighted by Gasteiger charge is 2.13. The first-order valence-corrected chi connectivity index (χ1v) is 7.05. The van der Waals surface area contributed by atoms with Crippen LogP contribution in [-0.4, -0.2) is 28.1 Å². The highest BCUT2D eigenvalue weighted by molar-refractivity contribution is 6.39. The number of phenolic OH excluding ortho intramolecular Hbond substituents is 1. The number of hydrogen-bond donors (Lipinski definition) is 3. The van der Waals surface area contributed by atoms with Crippen molar-refractivity contribution in [3.05, 3.63) is 63.7 Å². The maximum Gasteiger partial charge on any atom is 0.329 e. The van der Waals surface area contributed by atoms with E-state index in [1.165, 1.54) is 0 Å². The second kappa shape index (κ2) is 7.68. The maximum absolute atomic E-state index is 11.7. The first kappa shape index (κ1) is 17.6. The molecule has 0 atom stereocenters. The van der Waals surface area contributed by atoms with Crippen LogP contribution < -0.4 is 10.7 Å². The lowest BCUT2D eigenvalue weighted by atomic mass is 10.2. The van der Waals surface area contributed by atoms with E-state index in [1.807, 2.05) is 18.4 Å². The Labute approximate surface area is 142 Å².